The first kappa shape index (κ1) is 21.0. The van der Waals surface area contributed by atoms with Gasteiger partial charge in [0.1, 0.15) is 0 Å². The number of carbonyl (C=O) groups is 1. The Morgan fingerprint density at radius 1 is 1.39 bits per heavy atom. The van der Waals surface area contributed by atoms with Crippen molar-refractivity contribution < 1.29 is 13.6 Å². The lowest BCUT2D eigenvalue weighted by Crippen LogP contribution is -2.31. The lowest BCUT2D eigenvalue weighted by atomic mass is 10.2. The number of likely N-dealkylation sites (N-methyl/N-ethyl adjacent to an activating group) is 1. The number of amides is 1. The molecular formula is C20H24F2N8O. The number of halogens is 2. The normalized spacial score (nSPS) is 19.3. The van der Waals surface area contributed by atoms with Crippen LogP contribution in [0.15, 0.2) is 24.5 Å². The van der Waals surface area contributed by atoms with E-state index in [-0.39, 0.29) is 18.3 Å². The Bertz CT molecular complexity index is 1130. The molecule has 11 heteroatoms. The number of nitrogens with two attached hydrogens (primary N) is 1. The molecule has 0 radical (unpaired) electrons. The van der Waals surface area contributed by atoms with Crippen molar-refractivity contribution in [1.82, 2.24) is 30.0 Å². The quantitative estimate of drug-likeness (QED) is 0.610. The summed E-state index contributed by atoms with van der Waals surface area (Å²) in [4.78, 5) is 25.6. The van der Waals surface area contributed by atoms with Gasteiger partial charge in [-0.3, -0.25) is 9.78 Å². The van der Waals surface area contributed by atoms with E-state index in [1.165, 1.54) is 16.9 Å². The molecule has 0 aromatic carbocycles. The monoisotopic (exact) mass is 430 g/mol. The predicted molar refractivity (Wildman–Crippen MR) is 111 cm³/mol. The molecule has 3 aromatic rings. The molecule has 1 aliphatic rings. The summed E-state index contributed by atoms with van der Waals surface area (Å²) in [5.74, 6) is -3.41. The average molecular weight is 430 g/mol. The largest absolute Gasteiger partial charge is 0.369 e. The molecule has 0 spiro atoms. The van der Waals surface area contributed by atoms with Crippen LogP contribution in [0.5, 0.6) is 0 Å². The molecule has 3 N–H and O–H groups in total. The van der Waals surface area contributed by atoms with Crippen LogP contribution < -0.4 is 16.0 Å². The van der Waals surface area contributed by atoms with Gasteiger partial charge >= 0.3 is 5.92 Å². The lowest BCUT2D eigenvalue weighted by Gasteiger charge is -2.21. The van der Waals surface area contributed by atoms with Crippen molar-refractivity contribution in [2.45, 2.75) is 44.7 Å². The molecule has 3 aromatic heterocycles. The van der Waals surface area contributed by atoms with Crippen molar-refractivity contribution in [2.24, 2.45) is 5.73 Å². The van der Waals surface area contributed by atoms with Gasteiger partial charge in [-0.2, -0.15) is 8.78 Å². The van der Waals surface area contributed by atoms with Gasteiger partial charge in [-0.25, -0.2) is 14.6 Å². The smallest absolute Gasteiger partial charge is 0.303 e. The third-order valence-corrected chi connectivity index (χ3v) is 5.46. The summed E-state index contributed by atoms with van der Waals surface area (Å²) in [6.45, 7) is 3.60. The number of aromatic nitrogens is 5. The van der Waals surface area contributed by atoms with E-state index < -0.39 is 17.7 Å². The molecule has 31 heavy (non-hydrogen) atoms. The fourth-order valence-corrected chi connectivity index (χ4v) is 3.91. The van der Waals surface area contributed by atoms with E-state index in [2.05, 4.69) is 32.1 Å². The maximum Gasteiger partial charge on any atom is 0.303 e. The molecule has 4 rings (SSSR count). The zero-order valence-electron chi connectivity index (χ0n) is 17.5. The van der Waals surface area contributed by atoms with Crippen molar-refractivity contribution in [1.29, 1.82) is 0 Å². The van der Waals surface area contributed by atoms with Crippen molar-refractivity contribution in [2.75, 3.05) is 18.5 Å². The zero-order chi connectivity index (χ0) is 22.3. The van der Waals surface area contributed by atoms with E-state index in [9.17, 15) is 13.6 Å². The lowest BCUT2D eigenvalue weighted by molar-refractivity contribution is -0.117. The van der Waals surface area contributed by atoms with Gasteiger partial charge in [0.2, 0.25) is 11.7 Å². The third-order valence-electron chi connectivity index (χ3n) is 5.46. The molecule has 164 valence electrons. The van der Waals surface area contributed by atoms with Gasteiger partial charge in [0.15, 0.2) is 11.6 Å². The second kappa shape index (κ2) is 7.80. The average Bonchev–Trinajstić information content (AvgIpc) is 3.27. The number of hydrogen-bond acceptors (Lipinski definition) is 7. The minimum Gasteiger partial charge on any atom is -0.369 e. The fraction of sp³-hybridized carbons (Fsp3) is 0.450. The van der Waals surface area contributed by atoms with Crippen LogP contribution in [0.4, 0.5) is 14.6 Å². The molecule has 1 amide bonds. The van der Waals surface area contributed by atoms with Crippen LogP contribution in [0.3, 0.4) is 0 Å². The summed E-state index contributed by atoms with van der Waals surface area (Å²) in [6, 6.07) is 3.74. The van der Waals surface area contributed by atoms with Gasteiger partial charge in [-0.15, -0.1) is 5.10 Å². The number of anilines is 1. The maximum atomic E-state index is 13.8. The number of pyridine rings is 1. The highest BCUT2D eigenvalue weighted by molar-refractivity contribution is 5.92. The van der Waals surface area contributed by atoms with Crippen molar-refractivity contribution >= 4 is 22.6 Å². The van der Waals surface area contributed by atoms with Crippen LogP contribution in [-0.4, -0.2) is 56.3 Å². The number of carbonyl (C=O) groups excluding carboxylic acids is 1. The SMILES string of the molecule is CNC1CC(C)N(c2nn(-c3ccnc(C(C)(F)F)n3)c3cc(CC(N)=O)ncc23)C1. The number of fused-ring (bicyclic) bond motifs is 1. The van der Waals surface area contributed by atoms with Crippen LogP contribution in [0.25, 0.3) is 16.7 Å². The number of nitrogens with zero attached hydrogens (tertiary/aromatic N) is 6. The molecule has 1 aliphatic heterocycles. The third kappa shape index (κ3) is 4.05. The van der Waals surface area contributed by atoms with Gasteiger partial charge in [0.25, 0.3) is 0 Å². The van der Waals surface area contributed by atoms with Gasteiger partial charge in [-0.05, 0) is 26.5 Å². The summed E-state index contributed by atoms with van der Waals surface area (Å²) in [6.07, 6.45) is 3.82. The molecule has 1 saturated heterocycles. The first-order valence-electron chi connectivity index (χ1n) is 9.99. The Morgan fingerprint density at radius 2 is 2.16 bits per heavy atom. The molecule has 2 atom stereocenters. The van der Waals surface area contributed by atoms with Crippen molar-refractivity contribution in [3.63, 3.8) is 0 Å². The first-order valence-corrected chi connectivity index (χ1v) is 9.99. The Hall–Kier alpha value is -3.21. The summed E-state index contributed by atoms with van der Waals surface area (Å²) >= 11 is 0. The van der Waals surface area contributed by atoms with Crippen molar-refractivity contribution in [3.05, 3.63) is 36.0 Å². The second-order valence-electron chi connectivity index (χ2n) is 7.92. The van der Waals surface area contributed by atoms with E-state index in [0.29, 0.717) is 23.1 Å². The van der Waals surface area contributed by atoms with Crippen LogP contribution in [-0.2, 0) is 17.1 Å². The Labute approximate surface area is 177 Å². The van der Waals surface area contributed by atoms with Gasteiger partial charge in [-0.1, -0.05) is 0 Å². The van der Waals surface area contributed by atoms with Crippen molar-refractivity contribution in [3.8, 4) is 5.82 Å². The number of nitrogens with one attached hydrogen (secondary N) is 1. The highest BCUT2D eigenvalue weighted by atomic mass is 19.3. The van der Waals surface area contributed by atoms with Gasteiger partial charge in [0, 0.05) is 44.0 Å². The van der Waals surface area contributed by atoms with Crippen LogP contribution in [0.1, 0.15) is 31.8 Å². The number of rotatable bonds is 6. The molecule has 2 unspecified atom stereocenters. The number of hydrogen-bond donors (Lipinski definition) is 2. The topological polar surface area (TPSA) is 115 Å². The van der Waals surface area contributed by atoms with Gasteiger partial charge < -0.3 is 16.0 Å². The zero-order valence-corrected chi connectivity index (χ0v) is 17.5. The summed E-state index contributed by atoms with van der Waals surface area (Å²) in [5, 5.41) is 8.75. The van der Waals surface area contributed by atoms with Gasteiger partial charge in [0.05, 0.1) is 23.0 Å². The van der Waals surface area contributed by atoms with E-state index in [0.717, 1.165) is 25.3 Å². The number of alkyl halides is 2. The van der Waals surface area contributed by atoms with Crippen LogP contribution in [0, 0.1) is 0 Å². The highest BCUT2D eigenvalue weighted by Gasteiger charge is 2.32. The standard InChI is InChI=1S/C20H24F2N8O/c1-11-6-13(24-3)10-29(11)18-14-9-26-12(8-16(23)31)7-15(14)30(28-18)17-4-5-25-19(27-17)20(2,21)22/h4-5,7,9,11,13,24H,6,8,10H2,1-3H3,(H2,23,31). The highest BCUT2D eigenvalue weighted by Crippen LogP contribution is 2.33. The first-order chi connectivity index (χ1) is 14.7. The molecule has 9 nitrogen and oxygen atoms in total. The molecule has 4 heterocycles. The predicted octanol–water partition coefficient (Wildman–Crippen LogP) is 1.54. The van der Waals surface area contributed by atoms with E-state index in [4.69, 9.17) is 10.8 Å². The summed E-state index contributed by atoms with van der Waals surface area (Å²) in [5.41, 5.74) is 6.38. The molecule has 0 bridgehead atoms. The van der Waals surface area contributed by atoms with Crippen LogP contribution >= 0.6 is 0 Å². The summed E-state index contributed by atoms with van der Waals surface area (Å²) in [7, 11) is 1.92. The Morgan fingerprint density at radius 3 is 2.81 bits per heavy atom. The van der Waals surface area contributed by atoms with E-state index >= 15 is 0 Å². The van der Waals surface area contributed by atoms with E-state index in [1.807, 2.05) is 7.05 Å². The Kier molecular flexibility index (Phi) is 5.29. The molecule has 0 aliphatic carbocycles. The van der Waals surface area contributed by atoms with Crippen LogP contribution in [0.2, 0.25) is 0 Å². The van der Waals surface area contributed by atoms with E-state index in [1.54, 1.807) is 12.3 Å². The molecule has 1 fully saturated rings. The summed E-state index contributed by atoms with van der Waals surface area (Å²) < 4.78 is 29.1. The Balaban J connectivity index is 1.89. The fourth-order valence-electron chi connectivity index (χ4n) is 3.91. The minimum absolute atomic E-state index is 0.0412. The molecular weight excluding hydrogens is 406 g/mol. The minimum atomic E-state index is -3.19. The molecule has 0 saturated carbocycles. The second-order valence-corrected chi connectivity index (χ2v) is 7.92. The maximum absolute atomic E-state index is 13.8. The number of primary amides is 1.